The van der Waals surface area contributed by atoms with E-state index in [4.69, 9.17) is 5.73 Å². The lowest BCUT2D eigenvalue weighted by atomic mass is 9.65. The van der Waals surface area contributed by atoms with Gasteiger partial charge < -0.3 is 10.6 Å². The quantitative estimate of drug-likeness (QED) is 0.807. The first-order chi connectivity index (χ1) is 9.78. The number of hydrogen-bond acceptors (Lipinski definition) is 2. The van der Waals surface area contributed by atoms with Crippen molar-refractivity contribution in [2.75, 3.05) is 6.54 Å². The van der Waals surface area contributed by atoms with Crippen molar-refractivity contribution in [1.29, 1.82) is 0 Å². The minimum absolute atomic E-state index is 0.134. The van der Waals surface area contributed by atoms with E-state index in [-0.39, 0.29) is 12.0 Å². The molecule has 2 N–H and O–H groups in total. The van der Waals surface area contributed by atoms with Crippen LogP contribution in [0.3, 0.4) is 0 Å². The summed E-state index contributed by atoms with van der Waals surface area (Å²) in [4.78, 5) is 15.4. The Hall–Kier alpha value is -0.570. The largest absolute Gasteiger partial charge is 0.339 e. The van der Waals surface area contributed by atoms with Crippen molar-refractivity contribution in [2.24, 2.45) is 34.3 Å². The summed E-state index contributed by atoms with van der Waals surface area (Å²) in [7, 11) is 0. The van der Waals surface area contributed by atoms with Crippen LogP contribution in [0, 0.1) is 28.6 Å². The first kappa shape index (κ1) is 14.0. The van der Waals surface area contributed by atoms with E-state index in [0.29, 0.717) is 34.6 Å². The number of carbonyl (C=O) groups excluding carboxylic acids is 1. The van der Waals surface area contributed by atoms with Gasteiger partial charge in [0, 0.05) is 18.6 Å². The maximum Gasteiger partial charge on any atom is 0.227 e. The molecular weight excluding hydrogens is 260 g/mol. The molecule has 1 aliphatic heterocycles. The van der Waals surface area contributed by atoms with Crippen molar-refractivity contribution < 1.29 is 4.79 Å². The standard InChI is InChI=1S/C18H30N2O/c1-17(2)7-13-8-18(3,9-17)10-20(13)16(21)14-11-4-5-12(6-11)15(14)19/h11-15H,4-10,19H2,1-3H3. The van der Waals surface area contributed by atoms with E-state index in [1.54, 1.807) is 0 Å². The number of amides is 1. The summed E-state index contributed by atoms with van der Waals surface area (Å²) in [5, 5.41) is 0. The molecular formula is C18H30N2O. The van der Waals surface area contributed by atoms with E-state index in [2.05, 4.69) is 25.7 Å². The van der Waals surface area contributed by atoms with Crippen LogP contribution in [-0.2, 0) is 4.79 Å². The van der Waals surface area contributed by atoms with E-state index in [9.17, 15) is 4.79 Å². The molecule has 1 heterocycles. The molecule has 0 radical (unpaired) electrons. The van der Waals surface area contributed by atoms with Crippen LogP contribution >= 0.6 is 0 Å². The third-order valence-corrected chi connectivity index (χ3v) is 6.96. The zero-order chi connectivity index (χ0) is 15.0. The summed E-state index contributed by atoms with van der Waals surface area (Å²) in [6.45, 7) is 8.10. The van der Waals surface area contributed by atoms with E-state index in [1.165, 1.54) is 38.5 Å². The van der Waals surface area contributed by atoms with Crippen molar-refractivity contribution >= 4 is 5.91 Å². The van der Waals surface area contributed by atoms with Gasteiger partial charge in [-0.2, -0.15) is 0 Å². The summed E-state index contributed by atoms with van der Waals surface area (Å²) in [5.41, 5.74) is 7.12. The average molecular weight is 290 g/mol. The highest BCUT2D eigenvalue weighted by atomic mass is 16.2. The molecule has 3 saturated carbocycles. The molecule has 0 aromatic heterocycles. The number of nitrogens with zero attached hydrogens (tertiary/aromatic N) is 1. The van der Waals surface area contributed by atoms with Gasteiger partial charge in [0.1, 0.15) is 0 Å². The molecule has 4 aliphatic rings. The molecule has 118 valence electrons. The molecule has 1 amide bonds. The fourth-order valence-electron chi connectivity index (χ4n) is 6.61. The maximum absolute atomic E-state index is 13.2. The number of fused-ring (bicyclic) bond motifs is 4. The fourth-order valence-corrected chi connectivity index (χ4v) is 6.61. The number of hydrogen-bond donors (Lipinski definition) is 1. The second kappa shape index (κ2) is 4.24. The molecule has 1 saturated heterocycles. The van der Waals surface area contributed by atoms with Gasteiger partial charge in [-0.1, -0.05) is 20.8 Å². The van der Waals surface area contributed by atoms with Crippen LogP contribution in [0.15, 0.2) is 0 Å². The highest BCUT2D eigenvalue weighted by Crippen LogP contribution is 2.54. The molecule has 4 fully saturated rings. The Bertz CT molecular complexity index is 472. The van der Waals surface area contributed by atoms with Gasteiger partial charge in [0.2, 0.25) is 5.91 Å². The van der Waals surface area contributed by atoms with Crippen LogP contribution in [0.1, 0.15) is 59.3 Å². The molecule has 21 heavy (non-hydrogen) atoms. The van der Waals surface area contributed by atoms with Crippen LogP contribution in [0.5, 0.6) is 0 Å². The second-order valence-electron chi connectivity index (χ2n) is 9.62. The van der Waals surface area contributed by atoms with Gasteiger partial charge in [-0.15, -0.1) is 0 Å². The van der Waals surface area contributed by atoms with Gasteiger partial charge >= 0.3 is 0 Å². The SMILES string of the molecule is CC1(C)CC2CC(C)(CN2C(=O)C2C3CCC(C3)C2N)C1. The predicted octanol–water partition coefficient (Wildman–Crippen LogP) is 2.79. The smallest absolute Gasteiger partial charge is 0.227 e. The zero-order valence-electron chi connectivity index (χ0n) is 13.8. The highest BCUT2D eigenvalue weighted by molar-refractivity contribution is 5.81. The molecule has 3 nitrogen and oxygen atoms in total. The molecule has 6 unspecified atom stereocenters. The maximum atomic E-state index is 13.2. The summed E-state index contributed by atoms with van der Waals surface area (Å²) in [5.74, 6) is 1.74. The Morgan fingerprint density at radius 2 is 1.86 bits per heavy atom. The molecule has 0 aromatic rings. The van der Waals surface area contributed by atoms with Crippen LogP contribution < -0.4 is 5.73 Å². The molecule has 6 atom stereocenters. The Morgan fingerprint density at radius 3 is 2.52 bits per heavy atom. The van der Waals surface area contributed by atoms with Gasteiger partial charge in [0.25, 0.3) is 0 Å². The Balaban J connectivity index is 1.56. The Labute approximate surface area is 128 Å². The van der Waals surface area contributed by atoms with Gasteiger partial charge in [0.15, 0.2) is 0 Å². The third kappa shape index (κ3) is 2.07. The van der Waals surface area contributed by atoms with E-state index < -0.39 is 0 Å². The third-order valence-electron chi connectivity index (χ3n) is 6.96. The van der Waals surface area contributed by atoms with Gasteiger partial charge in [-0.25, -0.2) is 0 Å². The number of carbonyl (C=O) groups is 1. The van der Waals surface area contributed by atoms with Crippen LogP contribution in [0.2, 0.25) is 0 Å². The summed E-state index contributed by atoms with van der Waals surface area (Å²) < 4.78 is 0. The van der Waals surface area contributed by atoms with Gasteiger partial charge in [-0.05, 0) is 61.2 Å². The van der Waals surface area contributed by atoms with Crippen molar-refractivity contribution in [3.05, 3.63) is 0 Å². The predicted molar refractivity (Wildman–Crippen MR) is 83.5 cm³/mol. The first-order valence-electron chi connectivity index (χ1n) is 8.84. The number of nitrogens with two attached hydrogens (primary N) is 1. The fraction of sp³-hybridized carbons (Fsp3) is 0.944. The van der Waals surface area contributed by atoms with Crippen LogP contribution in [-0.4, -0.2) is 29.4 Å². The summed E-state index contributed by atoms with van der Waals surface area (Å²) >= 11 is 0. The van der Waals surface area contributed by atoms with Gasteiger partial charge in [0.05, 0.1) is 5.92 Å². The normalized spacial score (nSPS) is 50.7. The summed E-state index contributed by atoms with van der Waals surface area (Å²) in [6.07, 6.45) is 7.32. The first-order valence-corrected chi connectivity index (χ1v) is 8.84. The molecule has 3 aliphatic carbocycles. The van der Waals surface area contributed by atoms with Crippen molar-refractivity contribution in [1.82, 2.24) is 4.90 Å². The molecule has 4 bridgehead atoms. The van der Waals surface area contributed by atoms with Crippen molar-refractivity contribution in [3.8, 4) is 0 Å². The number of rotatable bonds is 1. The van der Waals surface area contributed by atoms with Crippen molar-refractivity contribution in [2.45, 2.75) is 71.4 Å². The lowest BCUT2D eigenvalue weighted by Gasteiger charge is -2.40. The van der Waals surface area contributed by atoms with E-state index >= 15 is 0 Å². The Kier molecular flexibility index (Phi) is 2.84. The topological polar surface area (TPSA) is 46.3 Å². The van der Waals surface area contributed by atoms with Crippen LogP contribution in [0.4, 0.5) is 0 Å². The average Bonchev–Trinajstić information content (AvgIpc) is 2.99. The molecule has 0 spiro atoms. The van der Waals surface area contributed by atoms with Crippen LogP contribution in [0.25, 0.3) is 0 Å². The van der Waals surface area contributed by atoms with E-state index in [0.717, 1.165) is 6.54 Å². The zero-order valence-corrected chi connectivity index (χ0v) is 13.8. The minimum atomic E-state index is 0.134. The molecule has 3 heteroatoms. The molecule has 0 aromatic carbocycles. The van der Waals surface area contributed by atoms with E-state index in [1.807, 2.05) is 0 Å². The summed E-state index contributed by atoms with van der Waals surface area (Å²) in [6, 6.07) is 0.607. The van der Waals surface area contributed by atoms with Crippen molar-refractivity contribution in [3.63, 3.8) is 0 Å². The monoisotopic (exact) mass is 290 g/mol. The van der Waals surface area contributed by atoms with Gasteiger partial charge in [-0.3, -0.25) is 4.79 Å². The number of likely N-dealkylation sites (tertiary alicyclic amines) is 1. The minimum Gasteiger partial charge on any atom is -0.339 e. The highest BCUT2D eigenvalue weighted by Gasteiger charge is 2.55. The lowest BCUT2D eigenvalue weighted by Crippen LogP contribution is -2.48. The lowest BCUT2D eigenvalue weighted by molar-refractivity contribution is -0.139. The second-order valence-corrected chi connectivity index (χ2v) is 9.62. The molecule has 4 rings (SSSR count). The Morgan fingerprint density at radius 1 is 1.14 bits per heavy atom.